The Hall–Kier alpha value is -1.63. The number of aliphatic carboxylic acids is 1. The van der Waals surface area contributed by atoms with Crippen molar-refractivity contribution in [1.82, 2.24) is 16.0 Å². The number of carbonyl (C=O) groups excluding carboxylic acids is 2. The number of carbonyl (C=O) groups is 3. The van der Waals surface area contributed by atoms with E-state index in [1.54, 1.807) is 0 Å². The monoisotopic (exact) mass is 217 g/mol. The van der Waals surface area contributed by atoms with Crippen molar-refractivity contribution < 1.29 is 19.5 Å². The number of rotatable bonds is 7. The molecule has 0 aliphatic rings. The van der Waals surface area contributed by atoms with Gasteiger partial charge in [0.15, 0.2) is 0 Å². The maximum atomic E-state index is 11.0. The summed E-state index contributed by atoms with van der Waals surface area (Å²) in [4.78, 5) is 31.5. The molecular formula is C8H15N3O4. The van der Waals surface area contributed by atoms with Gasteiger partial charge >= 0.3 is 5.97 Å². The van der Waals surface area contributed by atoms with Gasteiger partial charge in [0.05, 0.1) is 13.1 Å². The first-order valence-corrected chi connectivity index (χ1v) is 4.46. The smallest absolute Gasteiger partial charge is 0.317 e. The van der Waals surface area contributed by atoms with Crippen LogP contribution in [0.25, 0.3) is 0 Å². The first-order chi connectivity index (χ1) is 7.02. The van der Waals surface area contributed by atoms with Crippen LogP contribution in [0.2, 0.25) is 0 Å². The minimum atomic E-state index is -1.01. The lowest BCUT2D eigenvalue weighted by atomic mass is 10.5. The van der Waals surface area contributed by atoms with Crippen molar-refractivity contribution >= 4 is 17.8 Å². The van der Waals surface area contributed by atoms with Crippen LogP contribution in [0.5, 0.6) is 0 Å². The van der Waals surface area contributed by atoms with Gasteiger partial charge in [-0.3, -0.25) is 19.7 Å². The van der Waals surface area contributed by atoms with Gasteiger partial charge in [0.2, 0.25) is 11.8 Å². The fourth-order valence-corrected chi connectivity index (χ4v) is 0.786. The number of carboxylic acid groups (broad SMARTS) is 1. The number of carboxylic acids is 1. The molecule has 0 aliphatic heterocycles. The summed E-state index contributed by atoms with van der Waals surface area (Å²) in [6.45, 7) is 1.77. The summed E-state index contributed by atoms with van der Waals surface area (Å²) in [7, 11) is 0. The van der Waals surface area contributed by atoms with E-state index in [1.165, 1.54) is 6.92 Å². The van der Waals surface area contributed by atoms with Crippen LogP contribution in [0.3, 0.4) is 0 Å². The molecule has 7 nitrogen and oxygen atoms in total. The van der Waals surface area contributed by atoms with E-state index in [9.17, 15) is 14.4 Å². The van der Waals surface area contributed by atoms with Gasteiger partial charge < -0.3 is 15.7 Å². The summed E-state index contributed by atoms with van der Waals surface area (Å²) in [5.41, 5.74) is 0. The highest BCUT2D eigenvalue weighted by atomic mass is 16.4. The molecule has 0 aliphatic carbocycles. The predicted molar refractivity (Wildman–Crippen MR) is 52.2 cm³/mol. The maximum Gasteiger partial charge on any atom is 0.317 e. The SMILES string of the molecule is CC(=O)NCCNC(=O)CNCC(=O)O. The number of hydrogen-bond acceptors (Lipinski definition) is 4. The van der Waals surface area contributed by atoms with Crippen molar-refractivity contribution in [3.05, 3.63) is 0 Å². The second kappa shape index (κ2) is 7.74. The fraction of sp³-hybridized carbons (Fsp3) is 0.625. The Balaban J connectivity index is 3.33. The van der Waals surface area contributed by atoms with Crippen LogP contribution in [-0.2, 0) is 14.4 Å². The van der Waals surface area contributed by atoms with E-state index in [-0.39, 0.29) is 24.9 Å². The molecule has 0 saturated carbocycles. The van der Waals surface area contributed by atoms with E-state index in [0.717, 1.165) is 0 Å². The minimum Gasteiger partial charge on any atom is -0.480 e. The molecule has 2 amide bonds. The number of amides is 2. The van der Waals surface area contributed by atoms with E-state index in [0.29, 0.717) is 13.1 Å². The lowest BCUT2D eigenvalue weighted by molar-refractivity contribution is -0.136. The van der Waals surface area contributed by atoms with Gasteiger partial charge in [0.25, 0.3) is 0 Å². The fourth-order valence-electron chi connectivity index (χ4n) is 0.786. The molecule has 15 heavy (non-hydrogen) atoms. The quantitative estimate of drug-likeness (QED) is 0.366. The van der Waals surface area contributed by atoms with Crippen LogP contribution >= 0.6 is 0 Å². The van der Waals surface area contributed by atoms with E-state index in [1.807, 2.05) is 0 Å². The van der Waals surface area contributed by atoms with Crippen molar-refractivity contribution in [1.29, 1.82) is 0 Å². The highest BCUT2D eigenvalue weighted by Crippen LogP contribution is 1.66. The highest BCUT2D eigenvalue weighted by molar-refractivity contribution is 5.79. The Morgan fingerprint density at radius 2 is 1.67 bits per heavy atom. The zero-order chi connectivity index (χ0) is 11.7. The molecule has 0 aromatic rings. The molecule has 86 valence electrons. The van der Waals surface area contributed by atoms with Gasteiger partial charge in [0, 0.05) is 20.0 Å². The van der Waals surface area contributed by atoms with Crippen LogP contribution in [-0.4, -0.2) is 49.1 Å². The summed E-state index contributed by atoms with van der Waals surface area (Å²) in [5.74, 6) is -1.48. The highest BCUT2D eigenvalue weighted by Gasteiger charge is 2.01. The van der Waals surface area contributed by atoms with Crippen LogP contribution < -0.4 is 16.0 Å². The molecule has 0 aromatic heterocycles. The third-order valence-electron chi connectivity index (χ3n) is 1.38. The first-order valence-electron chi connectivity index (χ1n) is 4.46. The Bertz CT molecular complexity index is 242. The van der Waals surface area contributed by atoms with Gasteiger partial charge in [-0.2, -0.15) is 0 Å². The van der Waals surface area contributed by atoms with Gasteiger partial charge in [-0.1, -0.05) is 0 Å². The van der Waals surface area contributed by atoms with Gasteiger partial charge in [-0.05, 0) is 0 Å². The molecular weight excluding hydrogens is 202 g/mol. The number of nitrogens with one attached hydrogen (secondary N) is 3. The normalized spacial score (nSPS) is 9.40. The van der Waals surface area contributed by atoms with Crippen LogP contribution in [0, 0.1) is 0 Å². The summed E-state index contributed by atoms with van der Waals surface area (Å²) in [6.07, 6.45) is 0. The molecule has 0 saturated heterocycles. The molecule has 0 radical (unpaired) electrons. The molecule has 0 bridgehead atoms. The zero-order valence-corrected chi connectivity index (χ0v) is 8.50. The molecule has 0 rings (SSSR count). The van der Waals surface area contributed by atoms with E-state index in [4.69, 9.17) is 5.11 Å². The third-order valence-corrected chi connectivity index (χ3v) is 1.38. The number of hydrogen-bond donors (Lipinski definition) is 4. The van der Waals surface area contributed by atoms with Crippen molar-refractivity contribution in [3.63, 3.8) is 0 Å². The Morgan fingerprint density at radius 1 is 1.07 bits per heavy atom. The Labute approximate surface area is 87.2 Å². The maximum absolute atomic E-state index is 11.0. The van der Waals surface area contributed by atoms with E-state index in [2.05, 4.69) is 16.0 Å². The molecule has 0 heterocycles. The topological polar surface area (TPSA) is 108 Å². The zero-order valence-electron chi connectivity index (χ0n) is 8.50. The molecule has 0 atom stereocenters. The van der Waals surface area contributed by atoms with E-state index >= 15 is 0 Å². The molecule has 7 heteroatoms. The summed E-state index contributed by atoms with van der Waals surface area (Å²) < 4.78 is 0. The molecule has 0 fully saturated rings. The second-order valence-electron chi connectivity index (χ2n) is 2.83. The van der Waals surface area contributed by atoms with Gasteiger partial charge in [-0.25, -0.2) is 0 Å². The summed E-state index contributed by atoms with van der Waals surface area (Å²) >= 11 is 0. The standard InChI is InChI=1S/C8H15N3O4/c1-6(12)10-2-3-11-7(13)4-9-5-8(14)15/h9H,2-5H2,1H3,(H,10,12)(H,11,13)(H,14,15). The lowest BCUT2D eigenvalue weighted by Crippen LogP contribution is -2.39. The van der Waals surface area contributed by atoms with Crippen molar-refractivity contribution in [3.8, 4) is 0 Å². The van der Waals surface area contributed by atoms with Crippen molar-refractivity contribution in [2.24, 2.45) is 0 Å². The lowest BCUT2D eigenvalue weighted by Gasteiger charge is -2.05. The largest absolute Gasteiger partial charge is 0.480 e. The van der Waals surface area contributed by atoms with Crippen molar-refractivity contribution in [2.75, 3.05) is 26.2 Å². The summed E-state index contributed by atoms with van der Waals surface area (Å²) in [5, 5.41) is 15.7. The average molecular weight is 217 g/mol. The minimum absolute atomic E-state index is 0.0492. The van der Waals surface area contributed by atoms with Gasteiger partial charge in [0.1, 0.15) is 0 Å². The van der Waals surface area contributed by atoms with Gasteiger partial charge in [-0.15, -0.1) is 0 Å². The third kappa shape index (κ3) is 10.3. The molecule has 0 unspecified atom stereocenters. The predicted octanol–water partition coefficient (Wildman–Crippen LogP) is -2.09. The average Bonchev–Trinajstić information content (AvgIpc) is 2.11. The van der Waals surface area contributed by atoms with Crippen molar-refractivity contribution in [2.45, 2.75) is 6.92 Å². The van der Waals surface area contributed by atoms with Crippen LogP contribution in [0.4, 0.5) is 0 Å². The Morgan fingerprint density at radius 3 is 2.20 bits per heavy atom. The van der Waals surface area contributed by atoms with Crippen LogP contribution in [0.1, 0.15) is 6.92 Å². The first kappa shape index (κ1) is 13.4. The summed E-state index contributed by atoms with van der Waals surface area (Å²) in [6, 6.07) is 0. The molecule has 0 spiro atoms. The molecule has 0 aromatic carbocycles. The Kier molecular flexibility index (Phi) is 6.90. The van der Waals surface area contributed by atoms with Crippen LogP contribution in [0.15, 0.2) is 0 Å². The van der Waals surface area contributed by atoms with E-state index < -0.39 is 5.97 Å². The molecule has 4 N–H and O–H groups in total. The second-order valence-corrected chi connectivity index (χ2v) is 2.83.